The third kappa shape index (κ3) is 15.2. The van der Waals surface area contributed by atoms with Gasteiger partial charge < -0.3 is 38.8 Å². The van der Waals surface area contributed by atoms with Gasteiger partial charge in [0.2, 0.25) is 0 Å². The number of carbonyl (C=O) groups is 2. The normalized spacial score (nSPS) is 14.3. The predicted octanol–water partition coefficient (Wildman–Crippen LogP) is 10.7. The summed E-state index contributed by atoms with van der Waals surface area (Å²) in [6.45, 7) is 14.4. The third-order valence-corrected chi connectivity index (χ3v) is 10.3. The van der Waals surface area contributed by atoms with Crippen LogP contribution in [0.4, 0.5) is 0 Å². The van der Waals surface area contributed by atoms with Gasteiger partial charge in [-0.05, 0) is 132 Å². The second-order valence-electron chi connectivity index (χ2n) is 14.3. The lowest BCUT2D eigenvalue weighted by molar-refractivity contribution is -0.134. The molecule has 0 bridgehead atoms. The Balaban J connectivity index is 0.000000281. The first-order valence-electron chi connectivity index (χ1n) is 20.8. The summed E-state index contributed by atoms with van der Waals surface area (Å²) in [5, 5.41) is 18.5. The third-order valence-electron chi connectivity index (χ3n) is 10.1. The Bertz CT molecular complexity index is 2150. The first-order chi connectivity index (χ1) is 29.4. The molecule has 334 valence electrons. The summed E-state index contributed by atoms with van der Waals surface area (Å²) in [5.41, 5.74) is 3.95. The predicted molar refractivity (Wildman–Crippen MR) is 248 cm³/mol. The molecule has 1 aliphatic rings. The zero-order valence-electron chi connectivity index (χ0n) is 36.5. The molecule has 0 radical (unpaired) electrons. The van der Waals surface area contributed by atoms with Gasteiger partial charge in [-0.15, -0.1) is 12.4 Å². The van der Waals surface area contributed by atoms with E-state index >= 15 is 0 Å². The number of rotatable bonds is 18. The Labute approximate surface area is 377 Å². The number of aliphatic carboxylic acids is 2. The number of benzene rings is 4. The Morgan fingerprint density at radius 3 is 1.90 bits per heavy atom. The fourth-order valence-electron chi connectivity index (χ4n) is 7.06. The monoisotopic (exact) mass is 890 g/mol. The van der Waals surface area contributed by atoms with Crippen molar-refractivity contribution in [3.05, 3.63) is 137 Å². The second kappa shape index (κ2) is 26.2. The molecule has 2 atom stereocenters. The number of aromatic nitrogens is 1. The van der Waals surface area contributed by atoms with E-state index < -0.39 is 17.5 Å². The van der Waals surface area contributed by atoms with E-state index in [1.165, 1.54) is 24.9 Å². The number of carboxylic acids is 2. The minimum absolute atomic E-state index is 0. The summed E-state index contributed by atoms with van der Waals surface area (Å²) in [4.78, 5) is 26.2. The van der Waals surface area contributed by atoms with Crippen molar-refractivity contribution in [2.75, 3.05) is 46.6 Å². The summed E-state index contributed by atoms with van der Waals surface area (Å²) in [5.74, 6) is 0.529. The van der Waals surface area contributed by atoms with Crippen molar-refractivity contribution in [2.24, 2.45) is 0 Å². The van der Waals surface area contributed by atoms with E-state index in [1.807, 2.05) is 82.4 Å². The molecule has 2 heterocycles. The van der Waals surface area contributed by atoms with Crippen molar-refractivity contribution in [1.29, 1.82) is 0 Å². The summed E-state index contributed by atoms with van der Waals surface area (Å²) in [6.07, 6.45) is 7.30. The number of fused-ring (bicyclic) bond motifs is 1. The average molecular weight is 892 g/mol. The van der Waals surface area contributed by atoms with E-state index in [2.05, 4.69) is 66.3 Å². The maximum Gasteiger partial charge on any atom is 0.328 e. The van der Waals surface area contributed by atoms with Gasteiger partial charge in [-0.2, -0.15) is 0 Å². The minimum Gasteiger partial charge on any atom is -0.490 e. The maximum atomic E-state index is 9.55. The Morgan fingerprint density at radius 2 is 1.34 bits per heavy atom. The molecule has 13 heteroatoms. The van der Waals surface area contributed by atoms with Crippen LogP contribution in [0.15, 0.2) is 109 Å². The van der Waals surface area contributed by atoms with Gasteiger partial charge in [-0.25, -0.2) is 9.59 Å². The van der Waals surface area contributed by atoms with Crippen molar-refractivity contribution < 1.29 is 43.5 Å². The van der Waals surface area contributed by atoms with Gasteiger partial charge in [0.1, 0.15) is 5.60 Å². The largest absolute Gasteiger partial charge is 0.490 e. The fraction of sp³-hybridized carbons (Fsp3) is 0.367. The first-order valence-corrected chi connectivity index (χ1v) is 21.1. The maximum absolute atomic E-state index is 9.55. The summed E-state index contributed by atoms with van der Waals surface area (Å²) < 4.78 is 29.5. The molecule has 0 amide bonds. The molecule has 1 aliphatic heterocycles. The van der Waals surface area contributed by atoms with Crippen molar-refractivity contribution in [2.45, 2.75) is 71.9 Å². The van der Waals surface area contributed by atoms with Crippen LogP contribution in [0, 0.1) is 0 Å². The van der Waals surface area contributed by atoms with Gasteiger partial charge >= 0.3 is 11.9 Å². The van der Waals surface area contributed by atoms with Crippen molar-refractivity contribution in [3.8, 4) is 23.0 Å². The SMILES string of the molecule is CCOc1ccc(Cc2nccc3cc(OCC)c(OCC)cc23)cc1OCC.CN1CCCC1CCOC(C)(c1ccccc1)c1ccc(Cl)cc1.Cl.O=C(O)C=CC(=O)O. The standard InChI is InChI=1S/C24H29NO4.C21H26ClNO.C4H4O4.ClH/c1-5-26-21-10-9-17(14-22(21)27-6-2)13-20-19-16-24(29-8-4)23(28-7-3)15-18(19)11-12-25-20;1-21(17-7-4-3-5-8-17,18-10-12-19(22)13-11-18)24-16-14-20-9-6-15-23(20)2;5-3(6)1-2-4(7)8;/h9-12,14-16H,5-8,13H2,1-4H3;3-5,7-8,10-13,20H,6,9,14-16H2,1-2H3;1-2H,(H,5,6)(H,7,8);1H. The number of nitrogens with zero attached hydrogens (tertiary/aromatic N) is 2. The number of hydrogen-bond donors (Lipinski definition) is 2. The number of ether oxygens (including phenoxy) is 5. The van der Waals surface area contributed by atoms with Crippen LogP contribution in [0.3, 0.4) is 0 Å². The molecule has 1 aromatic heterocycles. The zero-order chi connectivity index (χ0) is 44.2. The Kier molecular flexibility index (Phi) is 21.6. The van der Waals surface area contributed by atoms with Crippen LogP contribution in [-0.4, -0.2) is 84.7 Å². The number of pyridine rings is 1. The fourth-order valence-corrected chi connectivity index (χ4v) is 7.19. The quantitative estimate of drug-likeness (QED) is 0.0814. The van der Waals surface area contributed by atoms with E-state index in [0.29, 0.717) is 51.0 Å². The number of likely N-dealkylation sites (tertiary alicyclic amines) is 1. The molecule has 0 aliphatic carbocycles. The minimum atomic E-state index is -1.26. The summed E-state index contributed by atoms with van der Waals surface area (Å²) in [6, 6.07) is 31.2. The lowest BCUT2D eigenvalue weighted by atomic mass is 9.88. The molecule has 2 N–H and O–H groups in total. The zero-order valence-corrected chi connectivity index (χ0v) is 38.0. The highest BCUT2D eigenvalue weighted by atomic mass is 35.5. The number of halogens is 2. The lowest BCUT2D eigenvalue weighted by Crippen LogP contribution is -2.31. The highest BCUT2D eigenvalue weighted by Gasteiger charge is 2.31. The average Bonchev–Trinajstić information content (AvgIpc) is 3.66. The van der Waals surface area contributed by atoms with Gasteiger partial charge in [0.05, 0.1) is 32.1 Å². The highest BCUT2D eigenvalue weighted by molar-refractivity contribution is 6.30. The van der Waals surface area contributed by atoms with Gasteiger partial charge in [0, 0.05) is 47.8 Å². The van der Waals surface area contributed by atoms with Crippen LogP contribution < -0.4 is 18.9 Å². The van der Waals surface area contributed by atoms with Crippen LogP contribution in [0.1, 0.15) is 76.3 Å². The van der Waals surface area contributed by atoms with Gasteiger partial charge in [0.25, 0.3) is 0 Å². The first kappa shape index (κ1) is 51.0. The van der Waals surface area contributed by atoms with Crippen LogP contribution in [0.25, 0.3) is 10.8 Å². The Morgan fingerprint density at radius 1 is 0.774 bits per heavy atom. The molecular weight excluding hydrogens is 831 g/mol. The van der Waals surface area contributed by atoms with Crippen LogP contribution in [-0.2, 0) is 26.3 Å². The van der Waals surface area contributed by atoms with Gasteiger partial charge in [-0.3, -0.25) is 4.98 Å². The van der Waals surface area contributed by atoms with Crippen molar-refractivity contribution in [1.82, 2.24) is 9.88 Å². The van der Waals surface area contributed by atoms with E-state index in [9.17, 15) is 9.59 Å². The molecule has 1 fully saturated rings. The lowest BCUT2D eigenvalue weighted by Gasteiger charge is -2.32. The Hall–Kier alpha value is -5.33. The van der Waals surface area contributed by atoms with Crippen molar-refractivity contribution in [3.63, 3.8) is 0 Å². The van der Waals surface area contributed by atoms with Crippen LogP contribution >= 0.6 is 24.0 Å². The molecule has 4 aromatic carbocycles. The molecular formula is C49H60Cl2N2O9. The molecule has 11 nitrogen and oxygen atoms in total. The molecule has 62 heavy (non-hydrogen) atoms. The van der Waals surface area contributed by atoms with Gasteiger partial charge in [-0.1, -0.05) is 60.1 Å². The number of carboxylic acid groups (broad SMARTS) is 2. The van der Waals surface area contributed by atoms with Crippen LogP contribution in [0.2, 0.25) is 5.02 Å². The van der Waals surface area contributed by atoms with Crippen LogP contribution in [0.5, 0.6) is 23.0 Å². The molecule has 0 spiro atoms. The smallest absolute Gasteiger partial charge is 0.328 e. The summed E-state index contributed by atoms with van der Waals surface area (Å²) >= 11 is 6.07. The molecule has 5 aromatic rings. The van der Waals surface area contributed by atoms with Gasteiger partial charge in [0.15, 0.2) is 23.0 Å². The molecule has 6 rings (SSSR count). The second-order valence-corrected chi connectivity index (χ2v) is 14.7. The van der Waals surface area contributed by atoms with E-state index in [1.54, 1.807) is 0 Å². The van der Waals surface area contributed by atoms with E-state index in [-0.39, 0.29) is 12.4 Å². The molecule has 1 saturated heterocycles. The molecule has 2 unspecified atom stereocenters. The summed E-state index contributed by atoms with van der Waals surface area (Å²) in [7, 11) is 2.22. The molecule has 0 saturated carbocycles. The number of hydrogen-bond acceptors (Lipinski definition) is 9. The van der Waals surface area contributed by atoms with E-state index in [0.717, 1.165) is 68.6 Å². The van der Waals surface area contributed by atoms with E-state index in [4.69, 9.17) is 45.5 Å². The van der Waals surface area contributed by atoms with Crippen molar-refractivity contribution >= 4 is 46.7 Å². The highest BCUT2D eigenvalue weighted by Crippen LogP contribution is 2.36. The topological polar surface area (TPSA) is 137 Å².